The first-order chi connectivity index (χ1) is 14.9. The lowest BCUT2D eigenvalue weighted by molar-refractivity contribution is -0.117. The van der Waals surface area contributed by atoms with E-state index < -0.39 is 10.2 Å². The fraction of sp³-hybridized carbons (Fsp3) is 0.364. The lowest BCUT2D eigenvalue weighted by atomic mass is 10.0. The summed E-state index contributed by atoms with van der Waals surface area (Å²) in [5.41, 5.74) is 3.65. The standard InChI is InChI=1S/C22H27N5O3S/c1-3-27(4-2)31(29,30)23-14-15-6-5-7-17(12-15)18-10-11-19-20(13-18)25-26-21(19)24-22(28)16-8-9-16/h5-7,10-13,16,23H,3-4,8-9,14H2,1-2H3,(H2,24,25,26,28). The number of aromatic nitrogens is 2. The van der Waals surface area contributed by atoms with E-state index in [0.717, 1.165) is 40.4 Å². The highest BCUT2D eigenvalue weighted by Crippen LogP contribution is 2.32. The molecule has 0 aliphatic heterocycles. The molecule has 1 aromatic heterocycles. The van der Waals surface area contributed by atoms with E-state index >= 15 is 0 Å². The van der Waals surface area contributed by atoms with Crippen LogP contribution in [0.1, 0.15) is 32.3 Å². The summed E-state index contributed by atoms with van der Waals surface area (Å²) in [6, 6.07) is 13.7. The maximum absolute atomic E-state index is 12.4. The van der Waals surface area contributed by atoms with Crippen LogP contribution in [0.25, 0.3) is 22.0 Å². The molecule has 0 atom stereocenters. The number of rotatable bonds is 9. The Labute approximate surface area is 182 Å². The third-order valence-electron chi connectivity index (χ3n) is 5.52. The maximum Gasteiger partial charge on any atom is 0.279 e. The fourth-order valence-electron chi connectivity index (χ4n) is 3.55. The van der Waals surface area contributed by atoms with Gasteiger partial charge in [0.1, 0.15) is 0 Å². The van der Waals surface area contributed by atoms with Gasteiger partial charge in [0.05, 0.1) is 5.52 Å². The number of anilines is 1. The van der Waals surface area contributed by atoms with Crippen LogP contribution >= 0.6 is 0 Å². The Morgan fingerprint density at radius 3 is 2.58 bits per heavy atom. The van der Waals surface area contributed by atoms with Gasteiger partial charge in [-0.15, -0.1) is 0 Å². The third-order valence-corrected chi connectivity index (χ3v) is 7.22. The number of nitrogens with zero attached hydrogens (tertiary/aromatic N) is 2. The number of carbonyl (C=O) groups excluding carboxylic acids is 1. The molecule has 2 aromatic carbocycles. The minimum atomic E-state index is -3.50. The molecule has 0 bridgehead atoms. The van der Waals surface area contributed by atoms with Crippen molar-refractivity contribution >= 4 is 32.8 Å². The molecular formula is C22H27N5O3S. The van der Waals surface area contributed by atoms with E-state index in [1.54, 1.807) is 0 Å². The largest absolute Gasteiger partial charge is 0.308 e. The molecule has 0 radical (unpaired) electrons. The summed E-state index contributed by atoms with van der Waals surface area (Å²) in [6.45, 7) is 4.71. The Kier molecular flexibility index (Phi) is 6.08. The molecule has 1 fully saturated rings. The molecule has 3 aromatic rings. The molecule has 1 aliphatic rings. The Balaban J connectivity index is 1.51. The van der Waals surface area contributed by atoms with Crippen LogP contribution in [0.4, 0.5) is 5.82 Å². The number of carbonyl (C=O) groups is 1. The first-order valence-electron chi connectivity index (χ1n) is 10.5. The number of benzene rings is 2. The maximum atomic E-state index is 12.4. The van der Waals surface area contributed by atoms with Crippen LogP contribution in [-0.2, 0) is 21.5 Å². The van der Waals surface area contributed by atoms with Crippen LogP contribution < -0.4 is 10.0 Å². The molecule has 1 amide bonds. The summed E-state index contributed by atoms with van der Waals surface area (Å²) in [4.78, 5) is 12.0. The molecule has 1 aliphatic carbocycles. The van der Waals surface area contributed by atoms with E-state index in [2.05, 4.69) is 20.2 Å². The van der Waals surface area contributed by atoms with Gasteiger partial charge in [-0.25, -0.2) is 0 Å². The van der Waals surface area contributed by atoms with Crippen LogP contribution in [0.15, 0.2) is 42.5 Å². The van der Waals surface area contributed by atoms with E-state index in [1.807, 2.05) is 56.3 Å². The van der Waals surface area contributed by atoms with Gasteiger partial charge < -0.3 is 5.32 Å². The smallest absolute Gasteiger partial charge is 0.279 e. The third kappa shape index (κ3) is 4.79. The topological polar surface area (TPSA) is 107 Å². The van der Waals surface area contributed by atoms with Crippen molar-refractivity contribution in [2.24, 2.45) is 5.92 Å². The van der Waals surface area contributed by atoms with Crippen molar-refractivity contribution in [2.75, 3.05) is 18.4 Å². The number of H-pyrrole nitrogens is 1. The van der Waals surface area contributed by atoms with Gasteiger partial charge in [-0.1, -0.05) is 38.1 Å². The molecule has 3 N–H and O–H groups in total. The number of hydrogen-bond donors (Lipinski definition) is 3. The number of fused-ring (bicyclic) bond motifs is 1. The van der Waals surface area contributed by atoms with E-state index in [9.17, 15) is 13.2 Å². The van der Waals surface area contributed by atoms with Gasteiger partial charge in [0.25, 0.3) is 10.2 Å². The van der Waals surface area contributed by atoms with E-state index in [-0.39, 0.29) is 18.4 Å². The quantitative estimate of drug-likeness (QED) is 0.474. The van der Waals surface area contributed by atoms with Gasteiger partial charge in [0.15, 0.2) is 5.82 Å². The zero-order chi connectivity index (χ0) is 22.0. The average Bonchev–Trinajstić information content (AvgIpc) is 3.55. The summed E-state index contributed by atoms with van der Waals surface area (Å²) in [6.07, 6.45) is 1.89. The van der Waals surface area contributed by atoms with Crippen LogP contribution in [0.3, 0.4) is 0 Å². The highest BCUT2D eigenvalue weighted by Gasteiger charge is 2.30. The highest BCUT2D eigenvalue weighted by molar-refractivity contribution is 7.87. The Morgan fingerprint density at radius 1 is 1.13 bits per heavy atom. The summed E-state index contributed by atoms with van der Waals surface area (Å²) in [5, 5.41) is 11.0. The lowest BCUT2D eigenvalue weighted by Crippen LogP contribution is -2.40. The minimum Gasteiger partial charge on any atom is -0.308 e. The van der Waals surface area contributed by atoms with Gasteiger partial charge >= 0.3 is 0 Å². The number of hydrogen-bond acceptors (Lipinski definition) is 4. The first kappa shape index (κ1) is 21.5. The van der Waals surface area contributed by atoms with E-state index in [4.69, 9.17) is 0 Å². The minimum absolute atomic E-state index is 0.0253. The van der Waals surface area contributed by atoms with Gasteiger partial charge in [0.2, 0.25) is 5.91 Å². The van der Waals surface area contributed by atoms with Gasteiger partial charge in [0, 0.05) is 30.9 Å². The molecule has 31 heavy (non-hydrogen) atoms. The van der Waals surface area contributed by atoms with Gasteiger partial charge in [-0.05, 0) is 47.7 Å². The van der Waals surface area contributed by atoms with Crippen LogP contribution in [0.2, 0.25) is 0 Å². The zero-order valence-electron chi connectivity index (χ0n) is 17.7. The number of amides is 1. The Hall–Kier alpha value is -2.75. The van der Waals surface area contributed by atoms with Gasteiger partial charge in [-0.3, -0.25) is 9.89 Å². The van der Waals surface area contributed by atoms with Gasteiger partial charge in [-0.2, -0.15) is 22.5 Å². The predicted octanol–water partition coefficient (Wildman–Crippen LogP) is 3.25. The molecule has 0 unspecified atom stereocenters. The van der Waals surface area contributed by atoms with Crippen molar-refractivity contribution in [3.8, 4) is 11.1 Å². The van der Waals surface area contributed by atoms with Crippen molar-refractivity contribution in [2.45, 2.75) is 33.2 Å². The molecule has 1 saturated carbocycles. The van der Waals surface area contributed by atoms with Crippen molar-refractivity contribution in [3.63, 3.8) is 0 Å². The summed E-state index contributed by atoms with van der Waals surface area (Å²) < 4.78 is 28.8. The van der Waals surface area contributed by atoms with Crippen molar-refractivity contribution in [3.05, 3.63) is 48.0 Å². The summed E-state index contributed by atoms with van der Waals surface area (Å²) in [5.74, 6) is 0.697. The van der Waals surface area contributed by atoms with Crippen LogP contribution in [-0.4, -0.2) is 41.9 Å². The molecule has 1 heterocycles. The summed E-state index contributed by atoms with van der Waals surface area (Å²) >= 11 is 0. The Morgan fingerprint density at radius 2 is 1.87 bits per heavy atom. The van der Waals surface area contributed by atoms with E-state index in [0.29, 0.717) is 18.9 Å². The normalized spacial score (nSPS) is 14.3. The second-order valence-corrected chi connectivity index (χ2v) is 9.46. The SMILES string of the molecule is CCN(CC)S(=O)(=O)NCc1cccc(-c2ccc3c(NC(=O)C4CC4)n[nH]c3c2)c1. The monoisotopic (exact) mass is 441 g/mol. The lowest BCUT2D eigenvalue weighted by Gasteiger charge is -2.19. The predicted molar refractivity (Wildman–Crippen MR) is 122 cm³/mol. The van der Waals surface area contributed by atoms with Crippen molar-refractivity contribution < 1.29 is 13.2 Å². The van der Waals surface area contributed by atoms with E-state index in [1.165, 1.54) is 4.31 Å². The molecular weight excluding hydrogens is 414 g/mol. The number of nitrogens with one attached hydrogen (secondary N) is 3. The highest BCUT2D eigenvalue weighted by atomic mass is 32.2. The second kappa shape index (κ2) is 8.78. The molecule has 8 nitrogen and oxygen atoms in total. The van der Waals surface area contributed by atoms with Crippen molar-refractivity contribution in [1.29, 1.82) is 0 Å². The fourth-order valence-corrected chi connectivity index (χ4v) is 4.76. The molecule has 9 heteroatoms. The van der Waals surface area contributed by atoms with Crippen LogP contribution in [0.5, 0.6) is 0 Å². The number of aromatic amines is 1. The van der Waals surface area contributed by atoms with Crippen molar-refractivity contribution in [1.82, 2.24) is 19.2 Å². The average molecular weight is 442 g/mol. The Bertz CT molecular complexity index is 1200. The first-order valence-corrected chi connectivity index (χ1v) is 12.0. The molecule has 164 valence electrons. The zero-order valence-corrected chi connectivity index (χ0v) is 18.5. The molecule has 0 spiro atoms. The molecule has 0 saturated heterocycles. The van der Waals surface area contributed by atoms with Crippen LogP contribution in [0, 0.1) is 5.92 Å². The molecule has 4 rings (SSSR count). The second-order valence-electron chi connectivity index (χ2n) is 7.71. The summed E-state index contributed by atoms with van der Waals surface area (Å²) in [7, 11) is -3.50.